The zero-order valence-corrected chi connectivity index (χ0v) is 17.2. The average Bonchev–Trinajstić information content (AvgIpc) is 3.22. The van der Waals surface area contributed by atoms with Crippen molar-refractivity contribution >= 4 is 32.7 Å². The molecular formula is C21H24FN5OS. The summed E-state index contributed by atoms with van der Waals surface area (Å²) in [5.41, 5.74) is 2.55. The maximum atomic E-state index is 13.3. The van der Waals surface area contributed by atoms with Crippen LogP contribution in [-0.2, 0) is 4.79 Å². The van der Waals surface area contributed by atoms with Crippen molar-refractivity contribution < 1.29 is 9.18 Å². The second-order valence-electron chi connectivity index (χ2n) is 8.02. The molecule has 2 fully saturated rings. The number of amides is 1. The van der Waals surface area contributed by atoms with Crippen molar-refractivity contribution in [2.24, 2.45) is 5.92 Å². The number of carbonyl (C=O) groups excluding carboxylic acids is 1. The zero-order valence-electron chi connectivity index (χ0n) is 16.4. The summed E-state index contributed by atoms with van der Waals surface area (Å²) in [4.78, 5) is 19.3. The number of carbonyl (C=O) groups is 1. The Labute approximate surface area is 172 Å². The lowest BCUT2D eigenvalue weighted by Crippen LogP contribution is -2.47. The molecule has 1 aliphatic heterocycles. The van der Waals surface area contributed by atoms with Gasteiger partial charge in [-0.15, -0.1) is 0 Å². The molecule has 0 bridgehead atoms. The third-order valence-corrected chi connectivity index (χ3v) is 7.25. The fourth-order valence-electron chi connectivity index (χ4n) is 4.03. The molecule has 1 N–H and O–H groups in total. The largest absolute Gasteiger partial charge is 0.353 e. The summed E-state index contributed by atoms with van der Waals surface area (Å²) in [5.74, 6) is 0.222. The first kappa shape index (κ1) is 18.5. The van der Waals surface area contributed by atoms with Crippen LogP contribution >= 0.6 is 11.3 Å². The van der Waals surface area contributed by atoms with Crippen LogP contribution in [0.3, 0.4) is 0 Å². The van der Waals surface area contributed by atoms with Gasteiger partial charge >= 0.3 is 0 Å². The van der Waals surface area contributed by atoms with Gasteiger partial charge in [0.25, 0.3) is 0 Å². The van der Waals surface area contributed by atoms with Crippen molar-refractivity contribution in [1.29, 1.82) is 0 Å². The van der Waals surface area contributed by atoms with E-state index in [1.807, 2.05) is 6.92 Å². The van der Waals surface area contributed by atoms with E-state index in [1.54, 1.807) is 28.2 Å². The Hall–Kier alpha value is -2.48. The summed E-state index contributed by atoms with van der Waals surface area (Å²) in [6, 6.07) is 6.58. The topological polar surface area (TPSA) is 63.1 Å². The maximum absolute atomic E-state index is 13.3. The molecule has 0 atom stereocenters. The summed E-state index contributed by atoms with van der Waals surface area (Å²) < 4.78 is 16.1. The number of aromatic nitrogens is 3. The first-order chi connectivity index (χ1) is 14.1. The molecule has 0 unspecified atom stereocenters. The van der Waals surface area contributed by atoms with Gasteiger partial charge in [-0.3, -0.25) is 4.79 Å². The van der Waals surface area contributed by atoms with E-state index >= 15 is 0 Å². The predicted molar refractivity (Wildman–Crippen MR) is 112 cm³/mol. The number of aryl methyl sites for hydroxylation is 1. The summed E-state index contributed by atoms with van der Waals surface area (Å²) in [6.45, 7) is 3.75. The summed E-state index contributed by atoms with van der Waals surface area (Å²) in [5, 5.41) is 8.80. The monoisotopic (exact) mass is 413 g/mol. The van der Waals surface area contributed by atoms with E-state index in [9.17, 15) is 9.18 Å². The summed E-state index contributed by atoms with van der Waals surface area (Å²) in [6.07, 6.45) is 5.15. The minimum absolute atomic E-state index is 0.240. The lowest BCUT2D eigenvalue weighted by atomic mass is 9.84. The van der Waals surface area contributed by atoms with Gasteiger partial charge in [0, 0.05) is 25.0 Å². The standard InChI is InChI=1S/C21H24FN5OS/c1-13-18-19(27(25-13)17-7-5-15(22)6-8-17)24-21(29-18)26-11-9-16(10-12-26)23-20(28)14-3-2-4-14/h5-8,14,16H,2-4,9-12H2,1H3,(H,23,28). The number of thiazole rings is 1. The van der Waals surface area contributed by atoms with Gasteiger partial charge in [0.05, 0.1) is 16.1 Å². The molecule has 2 aromatic heterocycles. The summed E-state index contributed by atoms with van der Waals surface area (Å²) >= 11 is 1.65. The van der Waals surface area contributed by atoms with Crippen LogP contribution in [0.25, 0.3) is 16.0 Å². The number of piperidine rings is 1. The Morgan fingerprint density at radius 3 is 2.55 bits per heavy atom. The zero-order chi connectivity index (χ0) is 20.0. The number of anilines is 1. The van der Waals surface area contributed by atoms with Crippen LogP contribution < -0.4 is 10.2 Å². The first-order valence-corrected chi connectivity index (χ1v) is 11.1. The third kappa shape index (κ3) is 3.50. The lowest BCUT2D eigenvalue weighted by Gasteiger charge is -2.34. The van der Waals surface area contributed by atoms with Gasteiger partial charge < -0.3 is 10.2 Å². The Morgan fingerprint density at radius 2 is 1.90 bits per heavy atom. The van der Waals surface area contributed by atoms with Crippen molar-refractivity contribution in [2.75, 3.05) is 18.0 Å². The highest BCUT2D eigenvalue weighted by Gasteiger charge is 2.29. The molecule has 0 radical (unpaired) electrons. The highest BCUT2D eigenvalue weighted by molar-refractivity contribution is 7.22. The molecule has 1 aliphatic carbocycles. The van der Waals surface area contributed by atoms with Gasteiger partial charge in [0.2, 0.25) is 5.91 Å². The molecule has 0 spiro atoms. The molecule has 1 saturated carbocycles. The van der Waals surface area contributed by atoms with Crippen molar-refractivity contribution in [2.45, 2.75) is 45.1 Å². The van der Waals surface area contributed by atoms with E-state index in [4.69, 9.17) is 4.98 Å². The molecule has 1 aromatic carbocycles. The number of fused-ring (bicyclic) bond motifs is 1. The SMILES string of the molecule is Cc1nn(-c2ccc(F)cc2)c2nc(N3CCC(NC(=O)C4CCC4)CC3)sc12. The predicted octanol–water partition coefficient (Wildman–Crippen LogP) is 3.81. The van der Waals surface area contributed by atoms with Crippen molar-refractivity contribution in [3.05, 3.63) is 35.8 Å². The molecule has 1 amide bonds. The Bertz CT molecular complexity index is 1030. The van der Waals surface area contributed by atoms with Gasteiger partial charge in [-0.05, 0) is 56.9 Å². The summed E-state index contributed by atoms with van der Waals surface area (Å²) in [7, 11) is 0. The molecular weight excluding hydrogens is 389 g/mol. The van der Waals surface area contributed by atoms with Crippen LogP contribution in [0.1, 0.15) is 37.8 Å². The fourth-order valence-corrected chi connectivity index (χ4v) is 5.06. The average molecular weight is 414 g/mol. The third-order valence-electron chi connectivity index (χ3n) is 6.04. The van der Waals surface area contributed by atoms with Gasteiger partial charge in [0.1, 0.15) is 5.82 Å². The highest BCUT2D eigenvalue weighted by atomic mass is 32.1. The Balaban J connectivity index is 1.30. The molecule has 3 heterocycles. The number of hydrogen-bond donors (Lipinski definition) is 1. The van der Waals surface area contributed by atoms with Crippen molar-refractivity contribution in [1.82, 2.24) is 20.1 Å². The molecule has 6 nitrogen and oxygen atoms in total. The van der Waals surface area contributed by atoms with E-state index < -0.39 is 0 Å². The van der Waals surface area contributed by atoms with Gasteiger partial charge in [-0.25, -0.2) is 9.07 Å². The van der Waals surface area contributed by atoms with Crippen LogP contribution in [-0.4, -0.2) is 39.8 Å². The quantitative estimate of drug-likeness (QED) is 0.706. The Morgan fingerprint density at radius 1 is 1.17 bits per heavy atom. The van der Waals surface area contributed by atoms with Gasteiger partial charge in [-0.1, -0.05) is 17.8 Å². The minimum atomic E-state index is -0.264. The van der Waals surface area contributed by atoms with Gasteiger partial charge in [-0.2, -0.15) is 10.1 Å². The van der Waals surface area contributed by atoms with Crippen LogP contribution in [0.15, 0.2) is 24.3 Å². The first-order valence-electron chi connectivity index (χ1n) is 10.3. The molecule has 1 saturated heterocycles. The number of nitrogens with zero attached hydrogens (tertiary/aromatic N) is 4. The Kier molecular flexibility index (Phi) is 4.73. The molecule has 8 heteroatoms. The maximum Gasteiger partial charge on any atom is 0.223 e. The number of halogens is 1. The van der Waals surface area contributed by atoms with Crippen molar-refractivity contribution in [3.8, 4) is 5.69 Å². The highest BCUT2D eigenvalue weighted by Crippen LogP contribution is 2.34. The van der Waals surface area contributed by atoms with Crippen molar-refractivity contribution in [3.63, 3.8) is 0 Å². The lowest BCUT2D eigenvalue weighted by molar-refractivity contribution is -0.128. The number of nitrogens with one attached hydrogen (secondary N) is 1. The molecule has 2 aliphatic rings. The van der Waals surface area contributed by atoms with Gasteiger partial charge in [0.15, 0.2) is 10.8 Å². The number of rotatable bonds is 4. The van der Waals surface area contributed by atoms with E-state index in [0.29, 0.717) is 0 Å². The van der Waals surface area contributed by atoms with E-state index in [2.05, 4.69) is 15.3 Å². The molecule has 29 heavy (non-hydrogen) atoms. The fraction of sp³-hybridized carbons (Fsp3) is 0.476. The van der Waals surface area contributed by atoms with Crippen LogP contribution in [0, 0.1) is 18.7 Å². The van der Waals surface area contributed by atoms with E-state index in [1.165, 1.54) is 18.6 Å². The minimum Gasteiger partial charge on any atom is -0.353 e. The van der Waals surface area contributed by atoms with Crippen LogP contribution in [0.5, 0.6) is 0 Å². The molecule has 152 valence electrons. The normalized spacial score (nSPS) is 18.2. The number of hydrogen-bond acceptors (Lipinski definition) is 5. The molecule has 3 aromatic rings. The van der Waals surface area contributed by atoms with Crippen LogP contribution in [0.2, 0.25) is 0 Å². The van der Waals surface area contributed by atoms with E-state index in [0.717, 1.165) is 65.6 Å². The number of benzene rings is 1. The van der Waals surface area contributed by atoms with Crippen LogP contribution in [0.4, 0.5) is 9.52 Å². The second-order valence-corrected chi connectivity index (χ2v) is 9.00. The smallest absolute Gasteiger partial charge is 0.223 e. The van der Waals surface area contributed by atoms with E-state index in [-0.39, 0.29) is 23.7 Å². The molecule has 5 rings (SSSR count). The second kappa shape index (κ2) is 7.40.